The molecule has 3 aliphatic rings. The van der Waals surface area contributed by atoms with Crippen LogP contribution >= 0.6 is 11.3 Å². The highest BCUT2D eigenvalue weighted by Gasteiger charge is 2.63. The lowest BCUT2D eigenvalue weighted by molar-refractivity contribution is -0.138. The summed E-state index contributed by atoms with van der Waals surface area (Å²) in [6.07, 6.45) is 3.36. The second-order valence-electron chi connectivity index (χ2n) is 9.07. The van der Waals surface area contributed by atoms with Gasteiger partial charge < -0.3 is 15.1 Å². The van der Waals surface area contributed by atoms with E-state index in [-0.39, 0.29) is 22.6 Å². The Hall–Kier alpha value is -1.40. The Morgan fingerprint density at radius 1 is 1.26 bits per heavy atom. The van der Waals surface area contributed by atoms with E-state index in [9.17, 15) is 9.59 Å². The molecule has 5 nitrogen and oxygen atoms in total. The number of carbonyl (C=O) groups is 2. The van der Waals surface area contributed by atoms with Crippen molar-refractivity contribution in [1.29, 1.82) is 0 Å². The fraction of sp³-hybridized carbons (Fsp3) is 0.714. The van der Waals surface area contributed by atoms with Crippen molar-refractivity contribution in [2.24, 2.45) is 16.7 Å². The fourth-order valence-corrected chi connectivity index (χ4v) is 6.35. The first-order chi connectivity index (χ1) is 12.9. The van der Waals surface area contributed by atoms with Gasteiger partial charge in [0, 0.05) is 49.6 Å². The van der Waals surface area contributed by atoms with Crippen molar-refractivity contribution in [3.63, 3.8) is 0 Å². The largest absolute Gasteiger partial charge is 0.356 e. The molecule has 2 spiro atoms. The summed E-state index contributed by atoms with van der Waals surface area (Å²) in [5, 5.41) is 5.14. The van der Waals surface area contributed by atoms with Gasteiger partial charge >= 0.3 is 0 Å². The van der Waals surface area contributed by atoms with Crippen molar-refractivity contribution in [1.82, 2.24) is 15.1 Å². The molecule has 0 unspecified atom stereocenters. The number of hydrogen-bond donors (Lipinski definition) is 1. The van der Waals surface area contributed by atoms with Gasteiger partial charge in [-0.05, 0) is 36.6 Å². The Morgan fingerprint density at radius 3 is 2.63 bits per heavy atom. The molecule has 3 aliphatic heterocycles. The molecule has 148 valence electrons. The Kier molecular flexibility index (Phi) is 5.06. The van der Waals surface area contributed by atoms with E-state index in [0.29, 0.717) is 12.3 Å². The van der Waals surface area contributed by atoms with E-state index in [1.807, 2.05) is 22.4 Å². The lowest BCUT2D eigenvalue weighted by atomic mass is 9.60. The van der Waals surface area contributed by atoms with E-state index in [0.717, 1.165) is 63.4 Å². The third kappa shape index (κ3) is 3.31. The third-order valence-electron chi connectivity index (χ3n) is 6.91. The Bertz CT molecular complexity index is 694. The number of piperidine rings is 1. The first-order valence-corrected chi connectivity index (χ1v) is 11.1. The molecule has 4 heterocycles. The molecule has 0 aliphatic carbocycles. The van der Waals surface area contributed by atoms with Gasteiger partial charge in [-0.3, -0.25) is 9.59 Å². The molecule has 6 heteroatoms. The van der Waals surface area contributed by atoms with Crippen molar-refractivity contribution in [3.05, 3.63) is 22.4 Å². The third-order valence-corrected chi connectivity index (χ3v) is 7.79. The van der Waals surface area contributed by atoms with Crippen LogP contribution in [-0.2, 0) is 16.0 Å². The number of carbonyl (C=O) groups excluding carboxylic acids is 2. The van der Waals surface area contributed by atoms with Gasteiger partial charge in [-0.15, -0.1) is 11.3 Å². The Labute approximate surface area is 166 Å². The highest BCUT2D eigenvalue weighted by atomic mass is 32.1. The predicted octanol–water partition coefficient (Wildman–Crippen LogP) is 2.38. The monoisotopic (exact) mass is 389 g/mol. The molecule has 1 aromatic rings. The van der Waals surface area contributed by atoms with Gasteiger partial charge in [0.05, 0.1) is 11.8 Å². The van der Waals surface area contributed by atoms with E-state index in [2.05, 4.69) is 24.1 Å². The van der Waals surface area contributed by atoms with Gasteiger partial charge in [-0.2, -0.15) is 0 Å². The van der Waals surface area contributed by atoms with Crippen LogP contribution in [0.25, 0.3) is 0 Å². The highest BCUT2D eigenvalue weighted by molar-refractivity contribution is 7.10. The minimum Gasteiger partial charge on any atom is -0.356 e. The summed E-state index contributed by atoms with van der Waals surface area (Å²) in [6.45, 7) is 9.82. The van der Waals surface area contributed by atoms with Crippen LogP contribution in [0, 0.1) is 16.7 Å². The van der Waals surface area contributed by atoms with Crippen molar-refractivity contribution in [2.75, 3.05) is 39.3 Å². The van der Waals surface area contributed by atoms with E-state index in [1.165, 1.54) is 0 Å². The van der Waals surface area contributed by atoms with Crippen LogP contribution in [0.3, 0.4) is 0 Å². The number of fused-ring (bicyclic) bond motifs is 1. The van der Waals surface area contributed by atoms with E-state index in [4.69, 9.17) is 0 Å². The number of amides is 2. The summed E-state index contributed by atoms with van der Waals surface area (Å²) >= 11 is 1.65. The Morgan fingerprint density at radius 2 is 2.04 bits per heavy atom. The van der Waals surface area contributed by atoms with Gasteiger partial charge in [-0.1, -0.05) is 19.9 Å². The minimum atomic E-state index is -0.245. The summed E-state index contributed by atoms with van der Waals surface area (Å²) in [5.74, 6) is 1.09. The van der Waals surface area contributed by atoms with Gasteiger partial charge in [0.25, 0.3) is 0 Å². The molecule has 0 radical (unpaired) electrons. The highest BCUT2D eigenvalue weighted by Crippen LogP contribution is 2.56. The minimum absolute atomic E-state index is 0.0299. The van der Waals surface area contributed by atoms with Crippen LogP contribution in [0.15, 0.2) is 17.5 Å². The second-order valence-corrected chi connectivity index (χ2v) is 10.1. The van der Waals surface area contributed by atoms with Crippen molar-refractivity contribution >= 4 is 23.2 Å². The average molecular weight is 390 g/mol. The lowest BCUT2D eigenvalue weighted by Gasteiger charge is -2.46. The molecule has 0 bridgehead atoms. The van der Waals surface area contributed by atoms with Crippen LogP contribution in [0.4, 0.5) is 0 Å². The van der Waals surface area contributed by atoms with E-state index in [1.54, 1.807) is 11.3 Å². The van der Waals surface area contributed by atoms with Crippen LogP contribution in [0.1, 0.15) is 38.0 Å². The number of rotatable bonds is 4. The number of hydrogen-bond acceptors (Lipinski definition) is 4. The topological polar surface area (TPSA) is 52.6 Å². The predicted molar refractivity (Wildman–Crippen MR) is 108 cm³/mol. The van der Waals surface area contributed by atoms with Crippen molar-refractivity contribution < 1.29 is 9.59 Å². The number of nitrogens with zero attached hydrogens (tertiary/aromatic N) is 2. The number of nitrogens with one attached hydrogen (secondary N) is 1. The maximum atomic E-state index is 12.9. The summed E-state index contributed by atoms with van der Waals surface area (Å²) in [4.78, 5) is 31.3. The fourth-order valence-electron chi connectivity index (χ4n) is 5.65. The summed E-state index contributed by atoms with van der Waals surface area (Å²) < 4.78 is 0. The molecule has 0 aromatic carbocycles. The summed E-state index contributed by atoms with van der Waals surface area (Å²) in [6, 6.07) is 4.04. The summed E-state index contributed by atoms with van der Waals surface area (Å²) in [5.41, 5.74) is -0.215. The molecular weight excluding hydrogens is 358 g/mol. The molecule has 2 amide bonds. The SMILES string of the molecule is CC(C)CN1CC2(CCN(C(=O)Cc3cccs3)CC2)[C@@]2(CCNC2=O)C1. The summed E-state index contributed by atoms with van der Waals surface area (Å²) in [7, 11) is 0. The molecule has 1 N–H and O–H groups in total. The molecule has 0 saturated carbocycles. The van der Waals surface area contributed by atoms with Gasteiger partial charge in [-0.25, -0.2) is 0 Å². The van der Waals surface area contributed by atoms with Crippen LogP contribution in [0.5, 0.6) is 0 Å². The van der Waals surface area contributed by atoms with Crippen molar-refractivity contribution in [3.8, 4) is 0 Å². The second kappa shape index (κ2) is 7.21. The van der Waals surface area contributed by atoms with E-state index >= 15 is 0 Å². The zero-order valence-corrected chi connectivity index (χ0v) is 17.3. The van der Waals surface area contributed by atoms with Gasteiger partial charge in [0.15, 0.2) is 0 Å². The smallest absolute Gasteiger partial charge is 0.228 e. The molecule has 3 fully saturated rings. The molecule has 1 atom stereocenters. The lowest BCUT2D eigenvalue weighted by Crippen LogP contribution is -2.53. The van der Waals surface area contributed by atoms with Crippen LogP contribution in [0.2, 0.25) is 0 Å². The average Bonchev–Trinajstić information content (AvgIpc) is 3.31. The quantitative estimate of drug-likeness (QED) is 0.860. The molecule has 1 aromatic heterocycles. The normalized spacial score (nSPS) is 27.8. The zero-order chi connectivity index (χ0) is 19.1. The zero-order valence-electron chi connectivity index (χ0n) is 16.5. The van der Waals surface area contributed by atoms with Crippen molar-refractivity contribution in [2.45, 2.75) is 39.5 Å². The Balaban J connectivity index is 1.47. The van der Waals surface area contributed by atoms with E-state index < -0.39 is 0 Å². The molecule has 4 rings (SSSR count). The maximum Gasteiger partial charge on any atom is 0.228 e. The number of likely N-dealkylation sites (tertiary alicyclic amines) is 2. The van der Waals surface area contributed by atoms with Crippen LogP contribution < -0.4 is 5.32 Å². The molecular formula is C21H31N3O2S. The molecule has 27 heavy (non-hydrogen) atoms. The molecule has 3 saturated heterocycles. The van der Waals surface area contributed by atoms with Gasteiger partial charge in [0.1, 0.15) is 0 Å². The standard InChI is InChI=1S/C21H31N3O2S/c1-16(2)13-23-14-20(21(15-23)5-8-22-19(21)26)6-9-24(10-7-20)18(25)12-17-4-3-11-27-17/h3-4,11,16H,5-10,12-15H2,1-2H3,(H,22,26)/t21-/m0/s1. The maximum absolute atomic E-state index is 12.9. The van der Waals surface area contributed by atoms with Crippen LogP contribution in [-0.4, -0.2) is 60.9 Å². The first kappa shape index (κ1) is 18.9. The first-order valence-electron chi connectivity index (χ1n) is 10.2. The van der Waals surface area contributed by atoms with Gasteiger partial charge in [0.2, 0.25) is 11.8 Å². The number of thiophene rings is 1.